The SMILES string of the molecule is CO[C@H]1O[C@H](CO[C@@H]2O[C@@H]3CO[C@@H](c4ccccc4)O[C@H]3[C@H](O[C@H]3O[C@H](COCc4ccccc4)[C@H](OCc4ccccc4)[C@H](OCc4ccccc4)[C@H]3OCc3ccccc3)[C@@H]2N=[N+]=[N-])[C@@H](OC(C)=O)[C@H](OC(C)=O)[C@H]1OC(C)=O. The molecule has 0 radical (unpaired) electrons. The molecule has 0 aliphatic carbocycles. The molecule has 0 bridgehead atoms. The molecule has 16 atom stereocenters. The van der Waals surface area contributed by atoms with Gasteiger partial charge in [0.1, 0.15) is 54.9 Å². The first-order chi connectivity index (χ1) is 39.5. The monoisotopic (exact) mass is 1120 g/mol. The summed E-state index contributed by atoms with van der Waals surface area (Å²) in [5.41, 5.74) is 14.7. The van der Waals surface area contributed by atoms with Gasteiger partial charge in [-0.25, -0.2) is 0 Å². The summed E-state index contributed by atoms with van der Waals surface area (Å²) in [6.45, 7) is 3.61. The minimum Gasteiger partial charge on any atom is -0.456 e. The Balaban J connectivity index is 1.10. The van der Waals surface area contributed by atoms with E-state index in [4.69, 9.17) is 71.1 Å². The molecular weight excluding hydrogens is 1050 g/mol. The maximum Gasteiger partial charge on any atom is 0.303 e. The minimum atomic E-state index is -1.46. The lowest BCUT2D eigenvalue weighted by atomic mass is 9.94. The molecule has 0 amide bonds. The number of carbonyl (C=O) groups is 3. The Morgan fingerprint density at radius 1 is 0.506 bits per heavy atom. The molecule has 4 saturated heterocycles. The Labute approximate surface area is 469 Å². The molecule has 4 fully saturated rings. The van der Waals surface area contributed by atoms with Crippen molar-refractivity contribution >= 4 is 17.9 Å². The molecular formula is C60H67N3O18. The molecule has 4 aliphatic rings. The largest absolute Gasteiger partial charge is 0.456 e. The third kappa shape index (κ3) is 15.9. The number of hydrogen-bond acceptors (Lipinski definition) is 19. The van der Waals surface area contributed by atoms with Crippen molar-refractivity contribution in [2.45, 2.75) is 146 Å². The Kier molecular flexibility index (Phi) is 21.4. The zero-order valence-corrected chi connectivity index (χ0v) is 45.3. The van der Waals surface area contributed by atoms with E-state index in [9.17, 15) is 19.9 Å². The summed E-state index contributed by atoms with van der Waals surface area (Å²) in [4.78, 5) is 40.9. The smallest absolute Gasteiger partial charge is 0.303 e. The van der Waals surface area contributed by atoms with Crippen molar-refractivity contribution in [3.8, 4) is 0 Å². The van der Waals surface area contributed by atoms with Gasteiger partial charge in [-0.05, 0) is 27.8 Å². The molecule has 5 aromatic carbocycles. The summed E-state index contributed by atoms with van der Waals surface area (Å²) >= 11 is 0. The lowest BCUT2D eigenvalue weighted by molar-refractivity contribution is -0.385. The second-order valence-corrected chi connectivity index (χ2v) is 19.7. The van der Waals surface area contributed by atoms with Gasteiger partial charge in [-0.15, -0.1) is 0 Å². The normalized spacial score (nSPS) is 30.0. The number of nitrogens with zero attached hydrogens (tertiary/aromatic N) is 3. The number of esters is 3. The van der Waals surface area contributed by atoms with Gasteiger partial charge in [0, 0.05) is 38.4 Å². The average molecular weight is 1120 g/mol. The fourth-order valence-corrected chi connectivity index (χ4v) is 10.2. The first kappa shape index (κ1) is 59.0. The van der Waals surface area contributed by atoms with Crippen molar-refractivity contribution in [1.29, 1.82) is 0 Å². The molecule has 81 heavy (non-hydrogen) atoms. The summed E-state index contributed by atoms with van der Waals surface area (Å²) < 4.78 is 96.8. The second-order valence-electron chi connectivity index (χ2n) is 19.7. The van der Waals surface area contributed by atoms with Crippen LogP contribution in [-0.4, -0.2) is 137 Å². The highest BCUT2D eigenvalue weighted by atomic mass is 16.8. The van der Waals surface area contributed by atoms with Crippen LogP contribution in [0.15, 0.2) is 157 Å². The number of hydrogen-bond donors (Lipinski definition) is 0. The average Bonchev–Trinajstić information content (AvgIpc) is 3.60. The van der Waals surface area contributed by atoms with Gasteiger partial charge in [0.2, 0.25) is 0 Å². The summed E-state index contributed by atoms with van der Waals surface area (Å²) in [7, 11) is 1.30. The van der Waals surface area contributed by atoms with Crippen molar-refractivity contribution in [3.63, 3.8) is 0 Å². The zero-order valence-electron chi connectivity index (χ0n) is 45.3. The van der Waals surface area contributed by atoms with E-state index in [1.54, 1.807) is 0 Å². The Hall–Kier alpha value is -6.66. The van der Waals surface area contributed by atoms with E-state index < -0.39 is 123 Å². The number of azide groups is 1. The van der Waals surface area contributed by atoms with E-state index in [1.807, 2.05) is 152 Å². The van der Waals surface area contributed by atoms with Gasteiger partial charge in [0.15, 0.2) is 43.5 Å². The molecule has 4 aliphatic heterocycles. The summed E-state index contributed by atoms with van der Waals surface area (Å²) in [5.74, 6) is -2.29. The van der Waals surface area contributed by atoms with Crippen LogP contribution in [0, 0.1) is 0 Å². The summed E-state index contributed by atoms with van der Waals surface area (Å²) in [6.07, 6.45) is -17.4. The van der Waals surface area contributed by atoms with Gasteiger partial charge in [0.25, 0.3) is 0 Å². The van der Waals surface area contributed by atoms with Crippen molar-refractivity contribution in [2.24, 2.45) is 5.11 Å². The summed E-state index contributed by atoms with van der Waals surface area (Å²) in [5, 5.41) is 4.29. The molecule has 0 saturated carbocycles. The van der Waals surface area contributed by atoms with Crippen LogP contribution in [0.4, 0.5) is 0 Å². The molecule has 21 nitrogen and oxygen atoms in total. The first-order valence-corrected chi connectivity index (χ1v) is 26.8. The highest BCUT2D eigenvalue weighted by molar-refractivity contribution is 5.68. The lowest BCUT2D eigenvalue weighted by Gasteiger charge is -2.51. The van der Waals surface area contributed by atoms with E-state index in [2.05, 4.69) is 10.0 Å². The quantitative estimate of drug-likeness (QED) is 0.0188. The van der Waals surface area contributed by atoms with Crippen LogP contribution in [0.25, 0.3) is 10.4 Å². The highest BCUT2D eigenvalue weighted by Crippen LogP contribution is 2.41. The van der Waals surface area contributed by atoms with Gasteiger partial charge in [-0.1, -0.05) is 157 Å². The number of carbonyl (C=O) groups excluding carboxylic acids is 3. The first-order valence-electron chi connectivity index (χ1n) is 26.8. The third-order valence-electron chi connectivity index (χ3n) is 13.9. The fourth-order valence-electron chi connectivity index (χ4n) is 10.2. The van der Waals surface area contributed by atoms with Crippen molar-refractivity contribution < 1.29 is 85.4 Å². The summed E-state index contributed by atoms with van der Waals surface area (Å²) in [6, 6.07) is 46.7. The molecule has 21 heteroatoms. The van der Waals surface area contributed by atoms with Gasteiger partial charge in [-0.3, -0.25) is 14.4 Å². The number of fused-ring (bicyclic) bond motifs is 1. The number of benzene rings is 5. The van der Waals surface area contributed by atoms with Crippen LogP contribution < -0.4 is 0 Å². The van der Waals surface area contributed by atoms with E-state index in [0.717, 1.165) is 43.0 Å². The molecule has 430 valence electrons. The topological polar surface area (TPSA) is 238 Å². The van der Waals surface area contributed by atoms with Gasteiger partial charge in [0.05, 0.1) is 46.2 Å². The van der Waals surface area contributed by atoms with Gasteiger partial charge in [-0.2, -0.15) is 0 Å². The van der Waals surface area contributed by atoms with Crippen LogP contribution in [0.1, 0.15) is 54.9 Å². The molecule has 9 rings (SSSR count). The van der Waals surface area contributed by atoms with Crippen LogP contribution in [0.5, 0.6) is 0 Å². The molecule has 0 N–H and O–H groups in total. The van der Waals surface area contributed by atoms with Crippen LogP contribution in [0.2, 0.25) is 0 Å². The molecule has 0 aromatic heterocycles. The lowest BCUT2D eigenvalue weighted by Crippen LogP contribution is -2.67. The number of methoxy groups -OCH3 is 1. The maximum absolute atomic E-state index is 12.7. The molecule has 5 aromatic rings. The second kappa shape index (κ2) is 29.4. The van der Waals surface area contributed by atoms with Crippen molar-refractivity contribution in [2.75, 3.05) is 26.9 Å². The van der Waals surface area contributed by atoms with Crippen LogP contribution >= 0.6 is 0 Å². The predicted octanol–water partition coefficient (Wildman–Crippen LogP) is 7.77. The van der Waals surface area contributed by atoms with Crippen molar-refractivity contribution in [1.82, 2.24) is 0 Å². The fraction of sp³-hybridized carbons (Fsp3) is 0.450. The molecule has 4 heterocycles. The van der Waals surface area contributed by atoms with E-state index in [0.29, 0.717) is 5.56 Å². The van der Waals surface area contributed by atoms with Crippen LogP contribution in [-0.2, 0) is 112 Å². The van der Waals surface area contributed by atoms with Gasteiger partial charge < -0.3 is 71.1 Å². The Morgan fingerprint density at radius 3 is 1.53 bits per heavy atom. The zero-order chi connectivity index (χ0) is 56.5. The molecule has 0 spiro atoms. The van der Waals surface area contributed by atoms with E-state index >= 15 is 0 Å². The Morgan fingerprint density at radius 2 is 0.988 bits per heavy atom. The Bertz CT molecular complexity index is 2790. The maximum atomic E-state index is 12.7. The van der Waals surface area contributed by atoms with E-state index in [1.165, 1.54) is 7.11 Å². The number of rotatable bonds is 24. The van der Waals surface area contributed by atoms with E-state index in [-0.39, 0.29) is 39.6 Å². The third-order valence-corrected chi connectivity index (χ3v) is 13.9. The molecule has 0 unspecified atom stereocenters. The highest BCUT2D eigenvalue weighted by Gasteiger charge is 2.57. The van der Waals surface area contributed by atoms with Crippen LogP contribution in [0.3, 0.4) is 0 Å². The van der Waals surface area contributed by atoms with Crippen molar-refractivity contribution in [3.05, 3.63) is 190 Å². The minimum absolute atomic E-state index is 0.0105. The number of ether oxygens (including phenoxy) is 15. The predicted molar refractivity (Wildman–Crippen MR) is 285 cm³/mol. The van der Waals surface area contributed by atoms with Gasteiger partial charge >= 0.3 is 17.9 Å². The standard InChI is InChI=1S/C60H67N3O18/c1-37(64)74-51-47(78-59(67-4)56(76-39(3)66)54(51)75-38(2)65)36-73-58-48(62-63-61)52(50-46(77-58)35-72-57(80-50)44-28-18-9-19-29-44)81-60-55(71-33-43-26-16-8-17-27-43)53(70-32-42-24-14-7-15-25-42)49(69-31-41-22-12-6-13-23-41)45(79-60)34-68-30-40-20-10-5-11-21-40/h5-29,45-60H,30-36H2,1-4H3/t45-,46-,47-,48+,49+,50-,51-,52-,53+,54+,55-,56-,57-,58-,59+,60-/m1/s1.